The fraction of sp³-hybridized carbons (Fsp3) is 0.438. The van der Waals surface area contributed by atoms with E-state index in [-0.39, 0.29) is 6.10 Å². The number of nitrogens with one attached hydrogen (secondary N) is 2. The Bertz CT molecular complexity index is 563. The Balaban J connectivity index is 2.10. The van der Waals surface area contributed by atoms with Crippen molar-refractivity contribution >= 4 is 0 Å². The summed E-state index contributed by atoms with van der Waals surface area (Å²) >= 11 is 0. The zero-order chi connectivity index (χ0) is 15.2. The van der Waals surface area contributed by atoms with Crippen LogP contribution in [-0.4, -0.2) is 23.9 Å². The van der Waals surface area contributed by atoms with Gasteiger partial charge in [0.25, 0.3) is 0 Å². The molecule has 5 nitrogen and oxygen atoms in total. The molecule has 0 saturated heterocycles. The van der Waals surface area contributed by atoms with Gasteiger partial charge in [0.15, 0.2) is 0 Å². The number of benzene rings is 1. The Morgan fingerprint density at radius 1 is 1.24 bits per heavy atom. The second-order valence-electron chi connectivity index (χ2n) is 4.93. The van der Waals surface area contributed by atoms with Crippen molar-refractivity contribution < 1.29 is 9.47 Å². The maximum absolute atomic E-state index is 5.97. The lowest BCUT2D eigenvalue weighted by Crippen LogP contribution is -2.15. The molecule has 2 aromatic rings. The molecular weight excluding hydrogens is 266 g/mol. The molecule has 1 unspecified atom stereocenters. The molecule has 5 heteroatoms. The molecule has 0 saturated carbocycles. The van der Waals surface area contributed by atoms with E-state index in [9.17, 15) is 0 Å². The average Bonchev–Trinajstić information content (AvgIpc) is 2.87. The van der Waals surface area contributed by atoms with E-state index in [0.29, 0.717) is 0 Å². The molecule has 0 spiro atoms. The van der Waals surface area contributed by atoms with Crippen molar-refractivity contribution in [1.82, 2.24) is 15.5 Å². The van der Waals surface area contributed by atoms with Gasteiger partial charge in [0.2, 0.25) is 0 Å². The summed E-state index contributed by atoms with van der Waals surface area (Å²) in [5, 5.41) is 10.8. The van der Waals surface area contributed by atoms with Crippen LogP contribution < -0.4 is 14.8 Å². The highest BCUT2D eigenvalue weighted by molar-refractivity contribution is 5.32. The molecule has 2 N–H and O–H groups in total. The van der Waals surface area contributed by atoms with Crippen molar-refractivity contribution in [2.45, 2.75) is 33.4 Å². The predicted octanol–water partition coefficient (Wildman–Crippen LogP) is 2.98. The number of hydrogen-bond donors (Lipinski definition) is 2. The van der Waals surface area contributed by atoms with Gasteiger partial charge in [-0.3, -0.25) is 5.10 Å². The largest absolute Gasteiger partial charge is 0.497 e. The molecule has 0 aliphatic heterocycles. The van der Waals surface area contributed by atoms with Gasteiger partial charge in [0, 0.05) is 17.8 Å². The summed E-state index contributed by atoms with van der Waals surface area (Å²) in [4.78, 5) is 0. The molecule has 1 aromatic heterocycles. The number of methoxy groups -OCH3 is 1. The second-order valence-corrected chi connectivity index (χ2v) is 4.93. The second kappa shape index (κ2) is 7.13. The lowest BCUT2D eigenvalue weighted by Gasteiger charge is -2.15. The first-order chi connectivity index (χ1) is 10.2. The van der Waals surface area contributed by atoms with E-state index in [1.807, 2.05) is 38.1 Å². The standard InChI is InChI=1S/C16H23N3O2/c1-5-17-10-15-11(2)18-19-16(15)12(3)21-14-8-6-13(20-4)7-9-14/h6-9,12,17H,5,10H2,1-4H3,(H,18,19). The summed E-state index contributed by atoms with van der Waals surface area (Å²) in [5.74, 6) is 1.62. The van der Waals surface area contributed by atoms with Gasteiger partial charge in [-0.15, -0.1) is 0 Å². The zero-order valence-electron chi connectivity index (χ0n) is 13.1. The van der Waals surface area contributed by atoms with Crippen molar-refractivity contribution in [2.24, 2.45) is 0 Å². The van der Waals surface area contributed by atoms with E-state index < -0.39 is 0 Å². The Morgan fingerprint density at radius 2 is 1.90 bits per heavy atom. The molecule has 0 amide bonds. The highest BCUT2D eigenvalue weighted by Crippen LogP contribution is 2.25. The first kappa shape index (κ1) is 15.4. The van der Waals surface area contributed by atoms with Crippen LogP contribution in [-0.2, 0) is 6.54 Å². The zero-order valence-corrected chi connectivity index (χ0v) is 13.1. The summed E-state index contributed by atoms with van der Waals surface area (Å²) in [5.41, 5.74) is 3.21. The van der Waals surface area contributed by atoms with Crippen LogP contribution in [0.3, 0.4) is 0 Å². The third-order valence-corrected chi connectivity index (χ3v) is 3.42. The maximum atomic E-state index is 5.97. The molecule has 1 atom stereocenters. The van der Waals surface area contributed by atoms with Crippen LogP contribution >= 0.6 is 0 Å². The smallest absolute Gasteiger partial charge is 0.140 e. The quantitative estimate of drug-likeness (QED) is 0.822. The van der Waals surface area contributed by atoms with Crippen LogP contribution in [0.5, 0.6) is 11.5 Å². The van der Waals surface area contributed by atoms with Gasteiger partial charge in [0.1, 0.15) is 23.3 Å². The number of aryl methyl sites for hydroxylation is 1. The van der Waals surface area contributed by atoms with E-state index in [2.05, 4.69) is 22.4 Å². The maximum Gasteiger partial charge on any atom is 0.140 e. The topological polar surface area (TPSA) is 59.2 Å². The molecule has 0 aliphatic rings. The molecule has 0 fully saturated rings. The number of aromatic amines is 1. The number of aromatic nitrogens is 2. The Kier molecular flexibility index (Phi) is 5.22. The van der Waals surface area contributed by atoms with E-state index in [1.54, 1.807) is 7.11 Å². The summed E-state index contributed by atoms with van der Waals surface area (Å²) in [6.07, 6.45) is -0.114. The summed E-state index contributed by atoms with van der Waals surface area (Å²) in [6, 6.07) is 7.58. The molecule has 114 valence electrons. The molecule has 0 bridgehead atoms. The molecular formula is C16H23N3O2. The number of nitrogens with zero attached hydrogens (tertiary/aromatic N) is 1. The lowest BCUT2D eigenvalue weighted by molar-refractivity contribution is 0.220. The van der Waals surface area contributed by atoms with Crippen LogP contribution in [0.25, 0.3) is 0 Å². The van der Waals surface area contributed by atoms with Crippen molar-refractivity contribution in [2.75, 3.05) is 13.7 Å². The van der Waals surface area contributed by atoms with Crippen molar-refractivity contribution in [1.29, 1.82) is 0 Å². The molecule has 1 aromatic carbocycles. The summed E-state index contributed by atoms with van der Waals surface area (Å²) in [6.45, 7) is 7.85. The summed E-state index contributed by atoms with van der Waals surface area (Å²) in [7, 11) is 1.65. The Labute approximate surface area is 125 Å². The number of rotatable bonds is 7. The van der Waals surface area contributed by atoms with Gasteiger partial charge < -0.3 is 14.8 Å². The van der Waals surface area contributed by atoms with Gasteiger partial charge >= 0.3 is 0 Å². The fourth-order valence-corrected chi connectivity index (χ4v) is 2.19. The Hall–Kier alpha value is -2.01. The Morgan fingerprint density at radius 3 is 2.52 bits per heavy atom. The highest BCUT2D eigenvalue weighted by atomic mass is 16.5. The normalized spacial score (nSPS) is 12.2. The van der Waals surface area contributed by atoms with Crippen LogP contribution in [0.4, 0.5) is 0 Å². The van der Waals surface area contributed by atoms with Crippen molar-refractivity contribution in [3.8, 4) is 11.5 Å². The fourth-order valence-electron chi connectivity index (χ4n) is 2.19. The third kappa shape index (κ3) is 3.76. The average molecular weight is 289 g/mol. The van der Waals surface area contributed by atoms with E-state index in [0.717, 1.165) is 36.0 Å². The van der Waals surface area contributed by atoms with Crippen molar-refractivity contribution in [3.05, 3.63) is 41.2 Å². The summed E-state index contributed by atoms with van der Waals surface area (Å²) < 4.78 is 11.1. The molecule has 0 aliphatic carbocycles. The molecule has 0 radical (unpaired) electrons. The number of ether oxygens (including phenoxy) is 2. The van der Waals surface area contributed by atoms with E-state index in [1.165, 1.54) is 5.56 Å². The van der Waals surface area contributed by atoms with Gasteiger partial charge in [0.05, 0.1) is 7.11 Å². The molecule has 21 heavy (non-hydrogen) atoms. The first-order valence-electron chi connectivity index (χ1n) is 7.20. The minimum Gasteiger partial charge on any atom is -0.497 e. The predicted molar refractivity (Wildman–Crippen MR) is 82.7 cm³/mol. The van der Waals surface area contributed by atoms with Gasteiger partial charge in [-0.25, -0.2) is 0 Å². The molecule has 1 heterocycles. The lowest BCUT2D eigenvalue weighted by atomic mass is 10.1. The van der Waals surface area contributed by atoms with E-state index >= 15 is 0 Å². The molecule has 2 rings (SSSR count). The first-order valence-corrected chi connectivity index (χ1v) is 7.20. The van der Waals surface area contributed by atoms with Crippen LogP contribution in [0.1, 0.15) is 36.9 Å². The van der Waals surface area contributed by atoms with Crippen LogP contribution in [0.15, 0.2) is 24.3 Å². The van der Waals surface area contributed by atoms with Crippen molar-refractivity contribution in [3.63, 3.8) is 0 Å². The van der Waals surface area contributed by atoms with E-state index in [4.69, 9.17) is 9.47 Å². The monoisotopic (exact) mass is 289 g/mol. The van der Waals surface area contributed by atoms with Gasteiger partial charge in [-0.2, -0.15) is 5.10 Å². The van der Waals surface area contributed by atoms with Gasteiger partial charge in [-0.05, 0) is 44.7 Å². The highest BCUT2D eigenvalue weighted by Gasteiger charge is 2.17. The minimum atomic E-state index is -0.114. The minimum absolute atomic E-state index is 0.114. The number of H-pyrrole nitrogens is 1. The SMILES string of the molecule is CCNCc1c(C(C)Oc2ccc(OC)cc2)n[nH]c1C. The number of hydrogen-bond acceptors (Lipinski definition) is 4. The van der Waals surface area contributed by atoms with Crippen LogP contribution in [0, 0.1) is 6.92 Å². The van der Waals surface area contributed by atoms with Crippen LogP contribution in [0.2, 0.25) is 0 Å². The van der Waals surface area contributed by atoms with Gasteiger partial charge in [-0.1, -0.05) is 6.92 Å². The third-order valence-electron chi connectivity index (χ3n) is 3.42.